The van der Waals surface area contributed by atoms with Gasteiger partial charge >= 0.3 is 0 Å². The smallest absolute Gasteiger partial charge is 0.291 e. The maximum absolute atomic E-state index is 13.6. The Balaban J connectivity index is 0.663. The molecule has 0 fully saturated rings. The molecule has 0 aliphatic rings. The first-order chi connectivity index (χ1) is 51.5. The number of aromatic nitrogens is 12. The number of unbranched alkanes of at least 4 members (excludes halogenated alkanes) is 1. The summed E-state index contributed by atoms with van der Waals surface area (Å²) in [5.74, 6) is -2.34. The van der Waals surface area contributed by atoms with Gasteiger partial charge in [0.1, 0.15) is 22.9 Å². The van der Waals surface area contributed by atoms with Crippen molar-refractivity contribution in [2.45, 2.75) is 83.5 Å². The Hall–Kier alpha value is -11.3. The summed E-state index contributed by atoms with van der Waals surface area (Å²) >= 11 is 11.9. The van der Waals surface area contributed by atoms with Gasteiger partial charge in [-0.25, -0.2) is 19.9 Å². The number of hydrogen-bond acceptors (Lipinski definition) is 17. The van der Waals surface area contributed by atoms with Crippen LogP contribution in [0.25, 0.3) is 0 Å². The third-order valence-corrected chi connectivity index (χ3v) is 18.2. The van der Waals surface area contributed by atoms with Crippen molar-refractivity contribution in [3.05, 3.63) is 172 Å². The molecule has 0 aliphatic carbocycles. The molecule has 0 saturated carbocycles. The van der Waals surface area contributed by atoms with Crippen molar-refractivity contribution in [2.75, 3.05) is 84.7 Å². The first-order valence-corrected chi connectivity index (χ1v) is 36.4. The molecule has 0 unspecified atom stereocenters. The average Bonchev–Trinajstić information content (AvgIpc) is 1.23. The highest BCUT2D eigenvalue weighted by molar-refractivity contribution is 6.18. The van der Waals surface area contributed by atoms with Crippen molar-refractivity contribution in [1.29, 1.82) is 0 Å². The van der Waals surface area contributed by atoms with Gasteiger partial charge in [-0.2, -0.15) is 0 Å². The van der Waals surface area contributed by atoms with Crippen LogP contribution in [-0.2, 0) is 103 Å². The Bertz CT molecular complexity index is 4800. The quantitative estimate of drug-likeness (QED) is 0.0128. The van der Waals surface area contributed by atoms with Crippen molar-refractivity contribution >= 4 is 116 Å². The Labute approximate surface area is 634 Å². The van der Waals surface area contributed by atoms with E-state index in [1.807, 2.05) is 38.4 Å². The summed E-state index contributed by atoms with van der Waals surface area (Å²) in [5.41, 5.74) is 5.79. The second-order valence-electron chi connectivity index (χ2n) is 27.0. The second kappa shape index (κ2) is 37.3. The molecule has 0 spiro atoms. The lowest BCUT2D eigenvalue weighted by Crippen LogP contribution is -2.27. The number of benzene rings is 1. The van der Waals surface area contributed by atoms with Crippen LogP contribution in [0, 0.1) is 0 Å². The summed E-state index contributed by atoms with van der Waals surface area (Å²) < 4.78 is 12.4. The normalized spacial score (nSPS) is 11.3. The minimum atomic E-state index is -0.639. The number of Topliss-reactive ketones (excluding diaryl/α,β-unsaturated/α-hetero) is 5. The van der Waals surface area contributed by atoms with Gasteiger partial charge in [0.05, 0.1) is 59.1 Å². The molecule has 8 heterocycles. The number of hydrogen-bond donors (Lipinski definition) is 6. The number of amides is 6. The maximum Gasteiger partial charge on any atom is 0.291 e. The van der Waals surface area contributed by atoms with Crippen LogP contribution in [0.15, 0.2) is 98.1 Å². The summed E-state index contributed by atoms with van der Waals surface area (Å²) in [6, 6.07) is 14.2. The molecule has 0 saturated heterocycles. The first kappa shape index (κ1) is 80.8. The third kappa shape index (κ3) is 21.9. The number of carbonyl (C=O) groups excluding carboxylic acids is 11. The summed E-state index contributed by atoms with van der Waals surface area (Å²) in [7, 11) is 17.2. The second-order valence-corrected chi connectivity index (χ2v) is 27.8. The summed E-state index contributed by atoms with van der Waals surface area (Å²) in [4.78, 5) is 168. The number of rotatable bonds is 41. The number of nitrogens with one attached hydrogen (secondary N) is 6. The Morgan fingerprint density at radius 2 is 0.898 bits per heavy atom. The number of aryl methyl sites for hydroxylation is 9. The number of alkyl halides is 2. The third-order valence-electron chi connectivity index (χ3n) is 17.9. The van der Waals surface area contributed by atoms with Crippen molar-refractivity contribution in [3.63, 3.8) is 0 Å². The van der Waals surface area contributed by atoms with Crippen LogP contribution in [0.4, 0.5) is 28.6 Å². The standard InChI is InChI=1S/C75H92Cl2N20O11/c1-88(2)28-12-11-17-61(99)68-82-54(45-93(68)7)38-64(102)70-83-53(44-95(70)9)37-62(100)57-31-48(39-89(57)3)32-63(101)69-81-49(43-94(69)8)33-56(98)16-14-26-79-72(105)58-35-52(42-90(58)4)85-75(108)71-86-65(46-96(71)10)87-74(107)60-36-51(41-92(60)6)84-73(106)59-34-50(40-91(59)5)80-67(104)23-27-78-66(103)18-13-15-47-19-21-55(22-20-47)97(29-24-76)30-25-77/h19-22,31,34-36,39-46H,11-18,23-30,32-33,37-38H2,1-10H3,(H,78,103)(H,79,105)(H,80,104)(H,84,106)(H,85,108)(H,87,107). The van der Waals surface area contributed by atoms with Crippen LogP contribution < -0.4 is 36.8 Å². The van der Waals surface area contributed by atoms with E-state index < -0.39 is 23.6 Å². The van der Waals surface area contributed by atoms with Gasteiger partial charge in [-0.15, -0.1) is 23.2 Å². The maximum atomic E-state index is 13.6. The van der Waals surface area contributed by atoms with Gasteiger partial charge in [0, 0.05) is 182 Å². The fourth-order valence-electron chi connectivity index (χ4n) is 12.5. The largest absolute Gasteiger partial charge is 0.369 e. The zero-order chi connectivity index (χ0) is 78.0. The van der Waals surface area contributed by atoms with Gasteiger partial charge < -0.3 is 78.2 Å². The lowest BCUT2D eigenvalue weighted by Gasteiger charge is -2.23. The van der Waals surface area contributed by atoms with Gasteiger partial charge in [0.15, 0.2) is 34.9 Å². The first-order valence-electron chi connectivity index (χ1n) is 35.3. The summed E-state index contributed by atoms with van der Waals surface area (Å²) in [6.45, 7) is 2.55. The van der Waals surface area contributed by atoms with Gasteiger partial charge in [-0.05, 0) is 100 Å². The van der Waals surface area contributed by atoms with E-state index >= 15 is 0 Å². The molecule has 108 heavy (non-hydrogen) atoms. The molecular weight excluding hydrogens is 1430 g/mol. The molecule has 0 bridgehead atoms. The van der Waals surface area contributed by atoms with Crippen LogP contribution in [0.5, 0.6) is 0 Å². The number of ketones is 5. The fraction of sp³-hybridized carbons (Fsp3) is 0.400. The highest BCUT2D eigenvalue weighted by Crippen LogP contribution is 2.23. The van der Waals surface area contributed by atoms with E-state index in [0.717, 1.165) is 30.6 Å². The predicted molar refractivity (Wildman–Crippen MR) is 409 cm³/mol. The van der Waals surface area contributed by atoms with Crippen LogP contribution >= 0.6 is 23.2 Å². The highest BCUT2D eigenvalue weighted by atomic mass is 35.5. The van der Waals surface area contributed by atoms with Gasteiger partial charge in [0.25, 0.3) is 23.6 Å². The van der Waals surface area contributed by atoms with E-state index in [1.165, 1.54) is 42.7 Å². The molecule has 31 nitrogen and oxygen atoms in total. The molecule has 8 aromatic heterocycles. The van der Waals surface area contributed by atoms with Crippen molar-refractivity contribution in [1.82, 2.24) is 72.0 Å². The van der Waals surface area contributed by atoms with Crippen molar-refractivity contribution in [2.24, 2.45) is 56.4 Å². The fourth-order valence-corrected chi connectivity index (χ4v) is 12.9. The van der Waals surface area contributed by atoms with E-state index in [9.17, 15) is 52.7 Å². The lowest BCUT2D eigenvalue weighted by molar-refractivity contribution is -0.121. The molecular formula is C75H92Cl2N20O11. The van der Waals surface area contributed by atoms with E-state index in [0.29, 0.717) is 102 Å². The number of anilines is 5. The zero-order valence-corrected chi connectivity index (χ0v) is 63.9. The summed E-state index contributed by atoms with van der Waals surface area (Å²) in [6.07, 6.45) is 16.4. The van der Waals surface area contributed by atoms with E-state index in [2.05, 4.69) is 61.6 Å². The number of carbonyl (C=O) groups is 11. The monoisotopic (exact) mass is 1520 g/mol. The molecule has 0 aliphatic heterocycles. The van der Waals surface area contributed by atoms with Crippen LogP contribution in [0.3, 0.4) is 0 Å². The molecule has 33 heteroatoms. The molecule has 6 N–H and O–H groups in total. The minimum Gasteiger partial charge on any atom is -0.369 e. The van der Waals surface area contributed by atoms with Gasteiger partial charge in [0.2, 0.25) is 29.2 Å². The van der Waals surface area contributed by atoms with Crippen molar-refractivity contribution < 1.29 is 52.7 Å². The predicted octanol–water partition coefficient (Wildman–Crippen LogP) is 7.00. The molecule has 6 amide bonds. The van der Waals surface area contributed by atoms with E-state index in [4.69, 9.17) is 23.2 Å². The van der Waals surface area contributed by atoms with E-state index in [1.54, 1.807) is 124 Å². The van der Waals surface area contributed by atoms with Crippen LogP contribution in [-0.4, -0.2) is 184 Å². The number of halogens is 2. The van der Waals surface area contributed by atoms with Crippen molar-refractivity contribution in [3.8, 4) is 0 Å². The molecule has 9 rings (SSSR count). The van der Waals surface area contributed by atoms with Gasteiger partial charge in [-0.1, -0.05) is 12.1 Å². The molecule has 572 valence electrons. The lowest BCUT2D eigenvalue weighted by atomic mass is 10.1. The Morgan fingerprint density at radius 3 is 1.48 bits per heavy atom. The SMILES string of the molecule is CN(C)CCCCC(=O)c1nc(CC(=O)c2nc(CC(=O)c3cc(CC(=O)c4nc(CC(=O)CCCNC(=O)c5cc(NC(=O)c6nc(NC(=O)c7cc(NC(=O)c8cc(NC(=O)CCNC(=O)CCCc9ccc(N(CCCl)CCCl)cc9)cn8C)cn7C)cn6C)cn5C)cn4C)cn3C)cn2C)cn1C. The summed E-state index contributed by atoms with van der Waals surface area (Å²) in [5, 5.41) is 16.6. The van der Waals surface area contributed by atoms with Crippen LogP contribution in [0.2, 0.25) is 0 Å². The van der Waals surface area contributed by atoms with E-state index in [-0.39, 0.29) is 138 Å². The minimum absolute atomic E-state index is 0.0124. The molecule has 1 aromatic carbocycles. The number of imidazole rings is 4. The van der Waals surface area contributed by atoms with Gasteiger partial charge in [-0.3, -0.25) is 52.7 Å². The molecule has 9 aromatic rings. The number of nitrogens with zero attached hydrogens (tertiary/aromatic N) is 14. The topological polar surface area (TPSA) is 357 Å². The highest BCUT2D eigenvalue weighted by Gasteiger charge is 2.26. The zero-order valence-electron chi connectivity index (χ0n) is 62.4. The van der Waals surface area contributed by atoms with Crippen LogP contribution in [0.1, 0.15) is 164 Å². The Morgan fingerprint density at radius 1 is 0.389 bits per heavy atom. The molecule has 0 atom stereocenters. The average molecular weight is 1520 g/mol. The Kier molecular flexibility index (Phi) is 27.9. The molecule has 0 radical (unpaired) electrons.